The van der Waals surface area contributed by atoms with Crippen molar-refractivity contribution >= 4 is 43.4 Å². The summed E-state index contributed by atoms with van der Waals surface area (Å²) < 4.78 is 14.1. The zero-order chi connectivity index (χ0) is 30.1. The molecule has 2 N–H and O–H groups in total. The zero-order valence-corrected chi connectivity index (χ0v) is 27.5. The predicted molar refractivity (Wildman–Crippen MR) is 170 cm³/mol. The summed E-state index contributed by atoms with van der Waals surface area (Å²) in [4.78, 5) is 22.7. The topological polar surface area (TPSA) is 93.1 Å². The van der Waals surface area contributed by atoms with E-state index >= 15 is 0 Å². The number of aliphatic hydroxyl groups is 2. The number of ketones is 2. The second kappa shape index (κ2) is 15.6. The van der Waals surface area contributed by atoms with Crippen molar-refractivity contribution in [1.82, 2.24) is 0 Å². The highest BCUT2D eigenvalue weighted by Crippen LogP contribution is 2.45. The minimum absolute atomic E-state index is 0.0941. The lowest BCUT2D eigenvalue weighted by Gasteiger charge is -2.13. The molecular weight excluding hydrogens is 652 g/mol. The monoisotopic (exact) mass is 690 g/mol. The van der Waals surface area contributed by atoms with E-state index in [1.165, 1.54) is 25.0 Å². The van der Waals surface area contributed by atoms with Crippen LogP contribution in [0.5, 0.6) is 11.5 Å². The number of fused-ring (bicyclic) bond motifs is 3. The summed E-state index contributed by atoms with van der Waals surface area (Å²) in [6, 6.07) is 8.45. The number of carbonyl (C=O) groups is 2. The van der Waals surface area contributed by atoms with Crippen molar-refractivity contribution in [1.29, 1.82) is 0 Å². The molecule has 0 heterocycles. The number of allylic oxidation sites excluding steroid dienone is 4. The summed E-state index contributed by atoms with van der Waals surface area (Å²) in [5, 5.41) is 20.0. The molecule has 1 aliphatic rings. The van der Waals surface area contributed by atoms with Crippen LogP contribution in [0.25, 0.3) is 11.1 Å². The number of hydrogen-bond acceptors (Lipinski definition) is 6. The van der Waals surface area contributed by atoms with Gasteiger partial charge in [-0.1, -0.05) is 0 Å². The Hall–Kier alpha value is -2.58. The van der Waals surface area contributed by atoms with E-state index in [2.05, 4.69) is 56.1 Å². The molecule has 0 radical (unpaired) electrons. The Morgan fingerprint density at radius 2 is 1.05 bits per heavy atom. The van der Waals surface area contributed by atoms with Crippen LogP contribution in [0.15, 0.2) is 55.9 Å². The van der Waals surface area contributed by atoms with Gasteiger partial charge in [0.05, 0.1) is 33.7 Å². The minimum Gasteiger partial charge on any atom is -0.512 e. The van der Waals surface area contributed by atoms with E-state index in [1.54, 1.807) is 13.8 Å². The van der Waals surface area contributed by atoms with E-state index in [9.17, 15) is 19.8 Å². The molecule has 222 valence electrons. The molecule has 8 heteroatoms. The van der Waals surface area contributed by atoms with Gasteiger partial charge in [0.2, 0.25) is 0 Å². The Balaban J connectivity index is 1.53. The Labute approximate surface area is 260 Å². The van der Waals surface area contributed by atoms with Crippen molar-refractivity contribution in [3.05, 3.63) is 67.0 Å². The Kier molecular flexibility index (Phi) is 12.5. The second-order valence-corrected chi connectivity index (χ2v) is 12.3. The fraction of sp³-hybridized carbons (Fsp3) is 0.455. The molecular formula is C33H40Br2O6. The number of hydrogen-bond donors (Lipinski definition) is 2. The zero-order valence-electron chi connectivity index (χ0n) is 24.4. The lowest BCUT2D eigenvalue weighted by molar-refractivity contribution is -0.114. The van der Waals surface area contributed by atoms with Crippen molar-refractivity contribution < 1.29 is 29.3 Å². The molecule has 0 aliphatic heterocycles. The first-order chi connectivity index (χ1) is 19.5. The molecule has 0 fully saturated rings. The van der Waals surface area contributed by atoms with E-state index in [1.807, 2.05) is 0 Å². The molecule has 0 spiro atoms. The lowest BCUT2D eigenvalue weighted by atomic mass is 10.1. The Morgan fingerprint density at radius 1 is 0.659 bits per heavy atom. The van der Waals surface area contributed by atoms with Gasteiger partial charge in [-0.25, -0.2) is 0 Å². The number of rotatable bonds is 16. The van der Waals surface area contributed by atoms with Gasteiger partial charge in [-0.15, -0.1) is 0 Å². The fourth-order valence-corrected chi connectivity index (χ4v) is 5.71. The summed E-state index contributed by atoms with van der Waals surface area (Å²) in [6.07, 6.45) is 6.95. The van der Waals surface area contributed by atoms with Gasteiger partial charge in [-0.3, -0.25) is 9.59 Å². The maximum atomic E-state index is 11.4. The number of ether oxygens (including phenoxy) is 2. The van der Waals surface area contributed by atoms with Crippen LogP contribution in [0, 0.1) is 0 Å². The lowest BCUT2D eigenvalue weighted by Crippen LogP contribution is -2.00. The maximum absolute atomic E-state index is 11.4. The second-order valence-electron chi connectivity index (χ2n) is 10.6. The molecule has 0 bridgehead atoms. The third kappa shape index (κ3) is 9.20. The highest BCUT2D eigenvalue weighted by molar-refractivity contribution is 9.10. The molecule has 3 rings (SSSR count). The summed E-state index contributed by atoms with van der Waals surface area (Å²) in [5.74, 6) is 1.78. The van der Waals surface area contributed by atoms with Crippen molar-refractivity contribution in [2.75, 3.05) is 13.2 Å². The molecule has 41 heavy (non-hydrogen) atoms. The molecule has 0 aromatic heterocycles. The summed E-state index contributed by atoms with van der Waals surface area (Å²) in [5.41, 5.74) is 5.65. The summed E-state index contributed by atoms with van der Waals surface area (Å²) in [6.45, 7) is 7.38. The largest absolute Gasteiger partial charge is 0.512 e. The molecule has 6 nitrogen and oxygen atoms in total. The first-order valence-corrected chi connectivity index (χ1v) is 15.8. The highest BCUT2D eigenvalue weighted by atomic mass is 79.9. The molecule has 0 unspecified atom stereocenters. The fourth-order valence-electron chi connectivity index (χ4n) is 4.70. The van der Waals surface area contributed by atoms with Crippen LogP contribution in [-0.4, -0.2) is 35.0 Å². The van der Waals surface area contributed by atoms with Crippen LogP contribution < -0.4 is 9.47 Å². The van der Waals surface area contributed by atoms with Gasteiger partial charge in [0, 0.05) is 24.0 Å². The molecule has 2 aromatic rings. The molecule has 2 aromatic carbocycles. The van der Waals surface area contributed by atoms with Gasteiger partial charge < -0.3 is 19.7 Å². The van der Waals surface area contributed by atoms with Crippen molar-refractivity contribution in [3.8, 4) is 22.6 Å². The summed E-state index contributed by atoms with van der Waals surface area (Å²) >= 11 is 7.34. The van der Waals surface area contributed by atoms with Crippen molar-refractivity contribution in [3.63, 3.8) is 0 Å². The van der Waals surface area contributed by atoms with Gasteiger partial charge in [-0.2, -0.15) is 0 Å². The number of Topliss-reactive ketones (excluding diaryl/α,β-unsaturated/α-hetero) is 2. The molecule has 0 saturated carbocycles. The molecule has 0 atom stereocenters. The third-order valence-electron chi connectivity index (χ3n) is 7.54. The average Bonchev–Trinajstić information content (AvgIpc) is 3.26. The average molecular weight is 692 g/mol. The van der Waals surface area contributed by atoms with E-state index < -0.39 is 0 Å². The van der Waals surface area contributed by atoms with E-state index in [0.29, 0.717) is 37.2 Å². The van der Waals surface area contributed by atoms with Gasteiger partial charge >= 0.3 is 0 Å². The Morgan fingerprint density at radius 3 is 1.41 bits per heavy atom. The van der Waals surface area contributed by atoms with Crippen molar-refractivity contribution in [2.24, 2.45) is 0 Å². The van der Waals surface area contributed by atoms with Crippen LogP contribution in [-0.2, 0) is 16.0 Å². The van der Waals surface area contributed by atoms with Gasteiger partial charge in [0.15, 0.2) is 11.6 Å². The normalized spacial score (nSPS) is 13.2. The van der Waals surface area contributed by atoms with Gasteiger partial charge in [0.1, 0.15) is 11.5 Å². The number of benzene rings is 2. The molecule has 0 saturated heterocycles. The van der Waals surface area contributed by atoms with Crippen LogP contribution in [0.2, 0.25) is 0 Å². The van der Waals surface area contributed by atoms with Crippen LogP contribution >= 0.6 is 31.9 Å². The van der Waals surface area contributed by atoms with Crippen molar-refractivity contribution in [2.45, 2.75) is 85.5 Å². The number of halogens is 2. The minimum atomic E-state index is -0.0941. The highest BCUT2D eigenvalue weighted by Gasteiger charge is 2.23. The smallest absolute Gasteiger partial charge is 0.158 e. The van der Waals surface area contributed by atoms with Gasteiger partial charge in [-0.05, 0) is 151 Å². The quantitative estimate of drug-likeness (QED) is 0.0883. The first-order valence-electron chi connectivity index (χ1n) is 14.2. The predicted octanol–water partition coefficient (Wildman–Crippen LogP) is 9.50. The van der Waals surface area contributed by atoms with E-state index in [4.69, 9.17) is 9.47 Å². The number of aliphatic hydroxyl groups excluding tert-OH is 2. The molecule has 1 aliphatic carbocycles. The van der Waals surface area contributed by atoms with E-state index in [0.717, 1.165) is 76.5 Å². The summed E-state index contributed by atoms with van der Waals surface area (Å²) in [7, 11) is 0. The standard InChI is InChI=1S/C33H40Br2O6/c1-20(22(3)36)30(38)11-7-5-9-13-40-32-18-26-24(16-28(32)34)15-25-17-29(35)33(19-27(25)26)41-14-10-6-8-12-31(39)21(2)23(4)37/h16-19,38-39H,5-15H2,1-4H3/b30-20-,31-21?. The number of unbranched alkanes of at least 4 members (excludes halogenated alkanes) is 4. The van der Waals surface area contributed by atoms with Gasteiger partial charge in [0.25, 0.3) is 0 Å². The first kappa shape index (κ1) is 32.9. The Bertz CT molecular complexity index is 1240. The SMILES string of the molecule is CC(=O)C(C)=C(O)CCCCCOc1cc2c(cc1Br)Cc1cc(Br)c(OCCCCC/C(O)=C(\C)C(C)=O)cc1-2. The molecule has 0 amide bonds. The van der Waals surface area contributed by atoms with Crippen LogP contribution in [0.3, 0.4) is 0 Å². The maximum Gasteiger partial charge on any atom is 0.158 e. The number of carbonyl (C=O) groups excluding carboxylic acids is 2. The van der Waals surface area contributed by atoms with Crippen LogP contribution in [0.1, 0.15) is 90.2 Å². The van der Waals surface area contributed by atoms with E-state index in [-0.39, 0.29) is 23.1 Å². The van der Waals surface area contributed by atoms with Crippen LogP contribution in [0.4, 0.5) is 0 Å². The third-order valence-corrected chi connectivity index (χ3v) is 8.78.